The maximum atomic E-state index is 2.43. The molecule has 0 spiro atoms. The van der Waals surface area contributed by atoms with Crippen LogP contribution >= 0.6 is 0 Å². The van der Waals surface area contributed by atoms with Crippen molar-refractivity contribution < 1.29 is 0 Å². The minimum Gasteiger partial charge on any atom is -0.0613 e. The molecule has 0 bridgehead atoms. The van der Waals surface area contributed by atoms with Gasteiger partial charge in [0, 0.05) is 5.41 Å². The lowest BCUT2D eigenvalue weighted by Crippen LogP contribution is -2.39. The van der Waals surface area contributed by atoms with Crippen LogP contribution in [0.4, 0.5) is 0 Å². The molecule has 0 radical (unpaired) electrons. The summed E-state index contributed by atoms with van der Waals surface area (Å²) >= 11 is 0. The van der Waals surface area contributed by atoms with Crippen LogP contribution in [0, 0.1) is 5.92 Å². The molecule has 39 heavy (non-hydrogen) atoms. The number of aryl methyl sites for hydroxylation is 2. The summed E-state index contributed by atoms with van der Waals surface area (Å²) in [6, 6.07) is 37.9. The lowest BCUT2D eigenvalue weighted by atomic mass is 9.58. The maximum Gasteiger partial charge on any atom is 0.0479 e. The van der Waals surface area contributed by atoms with Crippen molar-refractivity contribution in [1.29, 1.82) is 0 Å². The summed E-state index contributed by atoms with van der Waals surface area (Å²) in [7, 11) is 0. The average Bonchev–Trinajstić information content (AvgIpc) is 2.99. The second-order valence-corrected chi connectivity index (χ2v) is 12.6. The summed E-state index contributed by atoms with van der Waals surface area (Å²) in [6.07, 6.45) is 8.71. The van der Waals surface area contributed by atoms with E-state index in [1.54, 1.807) is 0 Å². The molecule has 1 fully saturated rings. The van der Waals surface area contributed by atoms with Crippen LogP contribution in [0.2, 0.25) is 0 Å². The van der Waals surface area contributed by atoms with Gasteiger partial charge in [0.15, 0.2) is 0 Å². The van der Waals surface area contributed by atoms with Crippen molar-refractivity contribution in [2.75, 3.05) is 0 Å². The first-order chi connectivity index (χ1) is 18.9. The van der Waals surface area contributed by atoms with Gasteiger partial charge >= 0.3 is 0 Å². The molecule has 1 aliphatic rings. The molecular weight excluding hydrogens is 468 g/mol. The molecular formula is C39H46. The lowest BCUT2D eigenvalue weighted by molar-refractivity contribution is 0.271. The number of rotatable bonds is 7. The van der Waals surface area contributed by atoms with Crippen LogP contribution in [0.5, 0.6) is 0 Å². The molecule has 0 unspecified atom stereocenters. The Bertz CT molecular complexity index is 1280. The predicted octanol–water partition coefficient (Wildman–Crippen LogP) is 10.7. The van der Waals surface area contributed by atoms with Crippen LogP contribution in [0.15, 0.2) is 97.1 Å². The zero-order valence-corrected chi connectivity index (χ0v) is 24.8. The van der Waals surface area contributed by atoms with E-state index < -0.39 is 0 Å². The van der Waals surface area contributed by atoms with E-state index in [0.29, 0.717) is 5.92 Å². The normalized spacial score (nSPS) is 14.9. The van der Waals surface area contributed by atoms with Crippen LogP contribution in [0.1, 0.15) is 100 Å². The van der Waals surface area contributed by atoms with Crippen molar-refractivity contribution in [2.24, 2.45) is 5.92 Å². The standard InChI is InChI=1S/C39H46/c1-6-29-13-21-35(22-14-29)39(34-11-9-8-10-12-34,36-23-15-30(7-2)16-24-36)37-27-19-32(20-28-37)31-17-25-33(26-18-31)38(3,4)5/h13-28,34H,6-12H2,1-5H3. The highest BCUT2D eigenvalue weighted by atomic mass is 14.5. The molecule has 0 nitrogen and oxygen atoms in total. The molecule has 4 aromatic rings. The van der Waals surface area contributed by atoms with Crippen LogP contribution in [-0.4, -0.2) is 0 Å². The Morgan fingerprint density at radius 3 is 1.21 bits per heavy atom. The number of hydrogen-bond acceptors (Lipinski definition) is 0. The Hall–Kier alpha value is -3.12. The summed E-state index contributed by atoms with van der Waals surface area (Å²) in [4.78, 5) is 0. The van der Waals surface area contributed by atoms with Crippen molar-refractivity contribution >= 4 is 0 Å². The minimum atomic E-state index is -0.145. The van der Waals surface area contributed by atoms with Crippen LogP contribution in [0.25, 0.3) is 11.1 Å². The average molecular weight is 515 g/mol. The Morgan fingerprint density at radius 2 is 0.846 bits per heavy atom. The van der Waals surface area contributed by atoms with Gasteiger partial charge in [-0.3, -0.25) is 0 Å². The monoisotopic (exact) mass is 514 g/mol. The molecule has 0 aliphatic heterocycles. The van der Waals surface area contributed by atoms with Crippen molar-refractivity contribution in [3.63, 3.8) is 0 Å². The van der Waals surface area contributed by atoms with E-state index in [9.17, 15) is 0 Å². The van der Waals surface area contributed by atoms with Gasteiger partial charge in [0.1, 0.15) is 0 Å². The highest BCUT2D eigenvalue weighted by molar-refractivity contribution is 5.65. The molecule has 4 aromatic carbocycles. The number of hydrogen-bond donors (Lipinski definition) is 0. The van der Waals surface area contributed by atoms with E-state index in [4.69, 9.17) is 0 Å². The van der Waals surface area contributed by atoms with Gasteiger partial charge in [-0.1, -0.05) is 151 Å². The fourth-order valence-corrected chi connectivity index (χ4v) is 6.84. The van der Waals surface area contributed by atoms with Gasteiger partial charge in [0.05, 0.1) is 0 Å². The first kappa shape index (κ1) is 27.4. The van der Waals surface area contributed by atoms with Crippen molar-refractivity contribution in [3.05, 3.63) is 130 Å². The largest absolute Gasteiger partial charge is 0.0613 e. The topological polar surface area (TPSA) is 0 Å². The molecule has 0 saturated heterocycles. The molecule has 5 rings (SSSR count). The molecule has 0 aromatic heterocycles. The summed E-state index contributed by atoms with van der Waals surface area (Å²) in [5, 5.41) is 0. The van der Waals surface area contributed by atoms with E-state index in [1.807, 2.05) is 0 Å². The second-order valence-electron chi connectivity index (χ2n) is 12.6. The zero-order valence-electron chi connectivity index (χ0n) is 24.8. The van der Waals surface area contributed by atoms with E-state index in [2.05, 4.69) is 132 Å². The zero-order chi connectivity index (χ0) is 27.5. The third kappa shape index (κ3) is 5.49. The van der Waals surface area contributed by atoms with Gasteiger partial charge in [0.2, 0.25) is 0 Å². The molecule has 0 atom stereocenters. The fourth-order valence-electron chi connectivity index (χ4n) is 6.84. The third-order valence-corrected chi connectivity index (χ3v) is 9.28. The molecule has 0 heterocycles. The Balaban J connectivity index is 1.66. The Labute approximate surface area is 237 Å². The van der Waals surface area contributed by atoms with Gasteiger partial charge in [-0.2, -0.15) is 0 Å². The molecule has 202 valence electrons. The molecule has 0 N–H and O–H groups in total. The fraction of sp³-hybridized carbons (Fsp3) is 0.385. The van der Waals surface area contributed by atoms with E-state index >= 15 is 0 Å². The summed E-state index contributed by atoms with van der Waals surface area (Å²) in [5.74, 6) is 0.586. The maximum absolute atomic E-state index is 2.43. The summed E-state index contributed by atoms with van der Waals surface area (Å²) in [6.45, 7) is 11.3. The lowest BCUT2D eigenvalue weighted by Gasteiger charge is -2.45. The quantitative estimate of drug-likeness (QED) is 0.215. The summed E-state index contributed by atoms with van der Waals surface area (Å²) < 4.78 is 0. The smallest absolute Gasteiger partial charge is 0.0479 e. The van der Waals surface area contributed by atoms with Crippen molar-refractivity contribution in [3.8, 4) is 11.1 Å². The van der Waals surface area contributed by atoms with Crippen LogP contribution in [-0.2, 0) is 23.7 Å². The highest BCUT2D eigenvalue weighted by Crippen LogP contribution is 2.51. The minimum absolute atomic E-state index is 0.145. The molecule has 0 amide bonds. The van der Waals surface area contributed by atoms with Crippen LogP contribution in [0.3, 0.4) is 0 Å². The molecule has 0 heteroatoms. The van der Waals surface area contributed by atoms with Crippen molar-refractivity contribution in [1.82, 2.24) is 0 Å². The van der Waals surface area contributed by atoms with E-state index in [1.165, 1.54) is 76.6 Å². The first-order valence-electron chi connectivity index (χ1n) is 15.3. The van der Waals surface area contributed by atoms with E-state index in [-0.39, 0.29) is 10.8 Å². The molecule has 1 aliphatic carbocycles. The Morgan fingerprint density at radius 1 is 0.487 bits per heavy atom. The highest BCUT2D eigenvalue weighted by Gasteiger charge is 2.43. The second kappa shape index (κ2) is 11.5. The van der Waals surface area contributed by atoms with Gasteiger partial charge in [-0.15, -0.1) is 0 Å². The Kier molecular flexibility index (Phi) is 8.13. The van der Waals surface area contributed by atoms with Crippen molar-refractivity contribution in [2.45, 2.75) is 90.4 Å². The third-order valence-electron chi connectivity index (χ3n) is 9.28. The number of benzene rings is 4. The van der Waals surface area contributed by atoms with Gasteiger partial charge < -0.3 is 0 Å². The van der Waals surface area contributed by atoms with Gasteiger partial charge in [0.25, 0.3) is 0 Å². The van der Waals surface area contributed by atoms with Crippen LogP contribution < -0.4 is 0 Å². The molecule has 1 saturated carbocycles. The van der Waals surface area contributed by atoms with Gasteiger partial charge in [-0.05, 0) is 81.5 Å². The first-order valence-corrected chi connectivity index (χ1v) is 15.3. The predicted molar refractivity (Wildman–Crippen MR) is 169 cm³/mol. The van der Waals surface area contributed by atoms with Gasteiger partial charge in [-0.25, -0.2) is 0 Å². The SMILES string of the molecule is CCc1ccc(C(c2ccc(CC)cc2)(c2ccc(-c3ccc(C(C)(C)C)cc3)cc2)C2CCCCC2)cc1. The summed E-state index contributed by atoms with van der Waals surface area (Å²) in [5.41, 5.74) is 11.1. The van der Waals surface area contributed by atoms with E-state index in [0.717, 1.165) is 12.8 Å².